The Morgan fingerprint density at radius 1 is 1.69 bits per heavy atom. The van der Waals surface area contributed by atoms with Gasteiger partial charge in [0.25, 0.3) is 0 Å². The van der Waals surface area contributed by atoms with E-state index < -0.39 is 18.2 Å². The zero-order chi connectivity index (χ0) is 12.2. The first-order valence-electron chi connectivity index (χ1n) is 5.06. The van der Waals surface area contributed by atoms with Gasteiger partial charge in [0.1, 0.15) is 11.6 Å². The van der Waals surface area contributed by atoms with Crippen molar-refractivity contribution in [3.63, 3.8) is 0 Å². The van der Waals surface area contributed by atoms with Crippen LogP contribution in [-0.2, 0) is 9.59 Å². The molecule has 2 atom stereocenters. The molecule has 0 saturated carbocycles. The number of carbonyl (C=O) groups excluding carboxylic acids is 2. The Kier molecular flexibility index (Phi) is 4.22. The fourth-order valence-electron chi connectivity index (χ4n) is 1.21. The lowest BCUT2D eigenvalue weighted by molar-refractivity contribution is -0.127. The highest BCUT2D eigenvalue weighted by Crippen LogP contribution is 1.99. The normalized spacial score (nSPS) is 24.4. The third kappa shape index (κ3) is 3.76. The maximum Gasteiger partial charge on any atom is 0.239 e. The smallest absolute Gasteiger partial charge is 0.239 e. The molecule has 0 aromatic heterocycles. The Morgan fingerprint density at radius 3 is 2.88 bits per heavy atom. The highest BCUT2D eigenvalue weighted by Gasteiger charge is 2.26. The van der Waals surface area contributed by atoms with Gasteiger partial charge in [0.2, 0.25) is 11.8 Å². The van der Waals surface area contributed by atoms with Crippen LogP contribution in [0.5, 0.6) is 0 Å². The highest BCUT2D eigenvalue weighted by molar-refractivity contribution is 5.86. The number of nitrogens with one attached hydrogen (secondary N) is 3. The lowest BCUT2D eigenvalue weighted by atomic mass is 10.1. The van der Waals surface area contributed by atoms with Gasteiger partial charge in [-0.3, -0.25) is 14.9 Å². The van der Waals surface area contributed by atoms with Gasteiger partial charge < -0.3 is 20.8 Å². The van der Waals surface area contributed by atoms with Crippen molar-refractivity contribution in [3.8, 4) is 0 Å². The number of rotatable bonds is 4. The quantitative estimate of drug-likeness (QED) is 0.353. The van der Waals surface area contributed by atoms with Crippen LogP contribution in [0.25, 0.3) is 0 Å². The number of hydrogen-bond acceptors (Lipinski definition) is 5. The molecule has 92 valence electrons. The second-order valence-corrected chi connectivity index (χ2v) is 4.11. The van der Waals surface area contributed by atoms with Crippen LogP contribution in [-0.4, -0.2) is 59.9 Å². The van der Waals surface area contributed by atoms with Crippen molar-refractivity contribution in [1.29, 1.82) is 0 Å². The predicted octanol–water partition coefficient (Wildman–Crippen LogP) is -3.07. The van der Waals surface area contributed by atoms with Crippen molar-refractivity contribution in [3.05, 3.63) is 0 Å². The van der Waals surface area contributed by atoms with Crippen LogP contribution in [0.1, 0.15) is 6.92 Å². The Morgan fingerprint density at radius 2 is 2.38 bits per heavy atom. The van der Waals surface area contributed by atoms with E-state index in [9.17, 15) is 14.7 Å². The number of aliphatic hydroxyl groups is 2. The molecular weight excluding hydrogens is 214 g/mol. The summed E-state index contributed by atoms with van der Waals surface area (Å²) in [6.45, 7) is 1.29. The molecule has 0 radical (unpaired) electrons. The molecule has 1 rings (SSSR count). The standard InChI is InChI=1S/C9H17N3O4/c1-9(16,5-13)4-12-8(15)6-2-11-7(14)3-10-6/h6,10,13,16H,2-5H2,1H3,(H,11,14)(H,12,15). The van der Waals surface area contributed by atoms with E-state index in [0.717, 1.165) is 0 Å². The van der Waals surface area contributed by atoms with E-state index in [1.165, 1.54) is 6.92 Å². The average Bonchev–Trinajstić information content (AvgIpc) is 2.27. The minimum absolute atomic E-state index is 0.0333. The number of carbonyl (C=O) groups is 2. The number of amides is 2. The van der Waals surface area contributed by atoms with Crippen LogP contribution < -0.4 is 16.0 Å². The van der Waals surface area contributed by atoms with Gasteiger partial charge in [-0.2, -0.15) is 0 Å². The summed E-state index contributed by atoms with van der Waals surface area (Å²) in [4.78, 5) is 22.4. The van der Waals surface area contributed by atoms with Gasteiger partial charge in [-0.15, -0.1) is 0 Å². The van der Waals surface area contributed by atoms with Gasteiger partial charge >= 0.3 is 0 Å². The van der Waals surface area contributed by atoms with E-state index in [4.69, 9.17) is 5.11 Å². The number of piperazine rings is 1. The Bertz CT molecular complexity index is 270. The minimum Gasteiger partial charge on any atom is -0.393 e. The van der Waals surface area contributed by atoms with Gasteiger partial charge in [0.05, 0.1) is 13.2 Å². The molecule has 0 spiro atoms. The monoisotopic (exact) mass is 231 g/mol. The predicted molar refractivity (Wildman–Crippen MR) is 55.5 cm³/mol. The van der Waals surface area contributed by atoms with Crippen molar-refractivity contribution in [2.75, 3.05) is 26.2 Å². The van der Waals surface area contributed by atoms with E-state index in [-0.39, 0.29) is 31.4 Å². The van der Waals surface area contributed by atoms with E-state index in [1.54, 1.807) is 0 Å². The summed E-state index contributed by atoms with van der Waals surface area (Å²) >= 11 is 0. The molecule has 5 N–H and O–H groups in total. The lowest BCUT2D eigenvalue weighted by Gasteiger charge is -2.26. The van der Waals surface area contributed by atoms with Gasteiger partial charge in [-0.1, -0.05) is 0 Å². The molecule has 1 saturated heterocycles. The average molecular weight is 231 g/mol. The molecule has 2 amide bonds. The van der Waals surface area contributed by atoms with Crippen LogP contribution in [0.3, 0.4) is 0 Å². The molecule has 1 fully saturated rings. The van der Waals surface area contributed by atoms with Crippen molar-refractivity contribution in [1.82, 2.24) is 16.0 Å². The molecule has 1 aliphatic heterocycles. The third-order valence-corrected chi connectivity index (χ3v) is 2.31. The fraction of sp³-hybridized carbons (Fsp3) is 0.778. The first-order valence-corrected chi connectivity index (χ1v) is 5.06. The lowest BCUT2D eigenvalue weighted by Crippen LogP contribution is -2.59. The molecule has 7 heteroatoms. The number of hydrogen-bond donors (Lipinski definition) is 5. The molecular formula is C9H17N3O4. The van der Waals surface area contributed by atoms with Crippen molar-refractivity contribution < 1.29 is 19.8 Å². The highest BCUT2D eigenvalue weighted by atomic mass is 16.3. The molecule has 16 heavy (non-hydrogen) atoms. The second-order valence-electron chi connectivity index (χ2n) is 4.11. The molecule has 1 aliphatic rings. The first-order chi connectivity index (χ1) is 7.44. The summed E-state index contributed by atoms with van der Waals surface area (Å²) in [5.41, 5.74) is -1.33. The molecule has 2 unspecified atom stereocenters. The maximum absolute atomic E-state index is 11.5. The Balaban J connectivity index is 2.33. The zero-order valence-corrected chi connectivity index (χ0v) is 9.12. The summed E-state index contributed by atoms with van der Waals surface area (Å²) < 4.78 is 0. The molecule has 0 aromatic carbocycles. The van der Waals surface area contributed by atoms with E-state index in [0.29, 0.717) is 0 Å². The fourth-order valence-corrected chi connectivity index (χ4v) is 1.21. The van der Waals surface area contributed by atoms with Gasteiger partial charge in [0.15, 0.2) is 0 Å². The van der Waals surface area contributed by atoms with Gasteiger partial charge in [-0.05, 0) is 6.92 Å². The van der Waals surface area contributed by atoms with Gasteiger partial charge in [0, 0.05) is 13.1 Å². The van der Waals surface area contributed by atoms with Crippen LogP contribution in [0.2, 0.25) is 0 Å². The summed E-state index contributed by atoms with van der Waals surface area (Å²) in [5, 5.41) is 26.0. The van der Waals surface area contributed by atoms with Crippen molar-refractivity contribution >= 4 is 11.8 Å². The Labute approximate surface area is 93.2 Å². The minimum atomic E-state index is -1.33. The SMILES string of the molecule is CC(O)(CO)CNC(=O)C1CNC(=O)CN1. The van der Waals surface area contributed by atoms with Crippen LogP contribution in [0.4, 0.5) is 0 Å². The first kappa shape index (κ1) is 12.9. The summed E-state index contributed by atoms with van der Waals surface area (Å²) in [6.07, 6.45) is 0. The van der Waals surface area contributed by atoms with Gasteiger partial charge in [-0.25, -0.2) is 0 Å². The van der Waals surface area contributed by atoms with Crippen LogP contribution in [0, 0.1) is 0 Å². The largest absolute Gasteiger partial charge is 0.393 e. The number of aliphatic hydroxyl groups excluding tert-OH is 1. The maximum atomic E-state index is 11.5. The molecule has 0 aromatic rings. The zero-order valence-electron chi connectivity index (χ0n) is 9.12. The van der Waals surface area contributed by atoms with E-state index in [2.05, 4.69) is 16.0 Å². The molecule has 7 nitrogen and oxygen atoms in total. The molecule has 0 bridgehead atoms. The summed E-state index contributed by atoms with van der Waals surface area (Å²) in [6, 6.07) is -0.493. The third-order valence-electron chi connectivity index (χ3n) is 2.31. The second kappa shape index (κ2) is 5.24. The topological polar surface area (TPSA) is 111 Å². The molecule has 0 aliphatic carbocycles. The van der Waals surface area contributed by atoms with Crippen molar-refractivity contribution in [2.45, 2.75) is 18.6 Å². The molecule has 1 heterocycles. The van der Waals surface area contributed by atoms with E-state index in [1.807, 2.05) is 0 Å². The van der Waals surface area contributed by atoms with E-state index >= 15 is 0 Å². The van der Waals surface area contributed by atoms with Crippen LogP contribution >= 0.6 is 0 Å². The van der Waals surface area contributed by atoms with Crippen LogP contribution in [0.15, 0.2) is 0 Å². The Hall–Kier alpha value is -1.18. The summed E-state index contributed by atoms with van der Waals surface area (Å²) in [5.74, 6) is -0.458. The summed E-state index contributed by atoms with van der Waals surface area (Å²) in [7, 11) is 0. The van der Waals surface area contributed by atoms with Crippen molar-refractivity contribution in [2.24, 2.45) is 0 Å².